The zero-order valence-electron chi connectivity index (χ0n) is 24.6. The smallest absolute Gasteiger partial charge is 0.254 e. The van der Waals surface area contributed by atoms with Crippen LogP contribution < -0.4 is 15.2 Å². The van der Waals surface area contributed by atoms with Gasteiger partial charge in [-0.1, -0.05) is 66.5 Å². The number of ether oxygens (including phenoxy) is 2. The SMILES string of the molecule is CCN1CCC(C(N)=O)(c2ccccc2)CC1C1(c2ccc(Cl)c(Cl)c2)CCN(C(=O)c2cc(O)c(OC)c(OC)c2)C1. The van der Waals surface area contributed by atoms with E-state index in [0.717, 1.165) is 17.7 Å². The fourth-order valence-corrected chi connectivity index (χ4v) is 7.42. The number of amides is 2. The normalized spacial score (nSPS) is 24.1. The highest BCUT2D eigenvalue weighted by Gasteiger charge is 2.55. The zero-order valence-corrected chi connectivity index (χ0v) is 26.1. The molecule has 5 rings (SSSR count). The molecular weight excluding hydrogens is 589 g/mol. The van der Waals surface area contributed by atoms with Crippen LogP contribution in [0.25, 0.3) is 0 Å². The fourth-order valence-electron chi connectivity index (χ4n) is 7.12. The predicted molar refractivity (Wildman–Crippen MR) is 167 cm³/mol. The number of benzene rings is 3. The summed E-state index contributed by atoms with van der Waals surface area (Å²) in [4.78, 5) is 31.5. The number of rotatable bonds is 8. The molecular formula is C33H37Cl2N3O5. The number of likely N-dealkylation sites (tertiary alicyclic amines) is 2. The van der Waals surface area contributed by atoms with E-state index >= 15 is 0 Å². The third-order valence-corrected chi connectivity index (χ3v) is 10.2. The number of nitrogens with two attached hydrogens (primary N) is 1. The molecule has 8 nitrogen and oxygen atoms in total. The summed E-state index contributed by atoms with van der Waals surface area (Å²) in [6.45, 7) is 4.36. The molecule has 3 N–H and O–H groups in total. The standard InChI is InChI=1S/C33H37Cl2N3O5/c1-4-37-14-12-32(31(36)41,22-8-6-5-7-9-22)19-28(37)33(23-10-11-24(34)25(35)18-23)13-15-38(20-33)30(40)21-16-26(39)29(43-3)27(17-21)42-2/h5-11,16-18,28,39H,4,12-15,19-20H2,1-3H3,(H2,36,41). The number of phenols is 1. The van der Waals surface area contributed by atoms with Crippen LogP contribution in [0.4, 0.5) is 0 Å². The van der Waals surface area contributed by atoms with Crippen LogP contribution in [0.5, 0.6) is 17.2 Å². The van der Waals surface area contributed by atoms with Gasteiger partial charge < -0.3 is 25.2 Å². The van der Waals surface area contributed by atoms with E-state index in [9.17, 15) is 14.7 Å². The minimum atomic E-state index is -0.868. The van der Waals surface area contributed by atoms with Crippen molar-refractivity contribution in [3.63, 3.8) is 0 Å². The molecule has 10 heteroatoms. The molecule has 228 valence electrons. The highest BCUT2D eigenvalue weighted by molar-refractivity contribution is 6.42. The number of hydrogen-bond acceptors (Lipinski definition) is 6. The molecule has 3 aromatic carbocycles. The van der Waals surface area contributed by atoms with E-state index in [1.54, 1.807) is 17.0 Å². The molecule has 2 heterocycles. The lowest BCUT2D eigenvalue weighted by Crippen LogP contribution is -2.61. The molecule has 0 spiro atoms. The van der Waals surface area contributed by atoms with Gasteiger partial charge in [0.25, 0.3) is 5.91 Å². The first-order valence-electron chi connectivity index (χ1n) is 14.4. The van der Waals surface area contributed by atoms with Crippen LogP contribution in [0.2, 0.25) is 10.0 Å². The quantitative estimate of drug-likeness (QED) is 0.347. The highest BCUT2D eigenvalue weighted by atomic mass is 35.5. The van der Waals surface area contributed by atoms with Gasteiger partial charge in [-0.15, -0.1) is 0 Å². The van der Waals surface area contributed by atoms with E-state index in [1.807, 2.05) is 42.5 Å². The van der Waals surface area contributed by atoms with Crippen LogP contribution in [0.1, 0.15) is 47.7 Å². The lowest BCUT2D eigenvalue weighted by atomic mass is 9.61. The second kappa shape index (κ2) is 12.3. The Morgan fingerprint density at radius 3 is 2.35 bits per heavy atom. The van der Waals surface area contributed by atoms with E-state index in [0.29, 0.717) is 48.9 Å². The van der Waals surface area contributed by atoms with Gasteiger partial charge >= 0.3 is 0 Å². The molecule has 0 saturated carbocycles. The maximum atomic E-state index is 14.0. The first kappa shape index (κ1) is 31.0. The molecule has 3 aromatic rings. The second-order valence-electron chi connectivity index (χ2n) is 11.4. The number of likely N-dealkylation sites (N-methyl/N-ethyl adjacent to an activating group) is 1. The molecule has 3 atom stereocenters. The molecule has 0 aliphatic carbocycles. The van der Waals surface area contributed by atoms with Gasteiger partial charge in [0, 0.05) is 30.1 Å². The van der Waals surface area contributed by atoms with Gasteiger partial charge in [-0.25, -0.2) is 0 Å². The number of hydrogen-bond donors (Lipinski definition) is 2. The summed E-state index contributed by atoms with van der Waals surface area (Å²) in [5.74, 6) is -0.357. The van der Waals surface area contributed by atoms with E-state index in [4.69, 9.17) is 38.4 Å². The number of nitrogens with zero attached hydrogens (tertiary/aromatic N) is 2. The number of aromatic hydroxyl groups is 1. The average molecular weight is 627 g/mol. The summed E-state index contributed by atoms with van der Waals surface area (Å²) < 4.78 is 10.6. The van der Waals surface area contributed by atoms with E-state index in [2.05, 4.69) is 11.8 Å². The number of piperidine rings is 1. The van der Waals surface area contributed by atoms with Crippen molar-refractivity contribution in [3.05, 3.63) is 87.4 Å². The Hall–Kier alpha value is -3.46. The number of halogens is 2. The lowest BCUT2D eigenvalue weighted by Gasteiger charge is -2.52. The van der Waals surface area contributed by atoms with E-state index in [1.165, 1.54) is 20.3 Å². The molecule has 2 fully saturated rings. The Bertz CT molecular complexity index is 1520. The van der Waals surface area contributed by atoms with Gasteiger partial charge in [0.05, 0.1) is 29.7 Å². The first-order chi connectivity index (χ1) is 20.6. The summed E-state index contributed by atoms with van der Waals surface area (Å²) in [6, 6.07) is 18.2. The van der Waals surface area contributed by atoms with Gasteiger partial charge in [0.1, 0.15) is 0 Å². The molecule has 2 amide bonds. The van der Waals surface area contributed by atoms with Crippen LogP contribution in [0, 0.1) is 0 Å². The Kier molecular flexibility index (Phi) is 8.84. The first-order valence-corrected chi connectivity index (χ1v) is 15.1. The Balaban J connectivity index is 1.60. The van der Waals surface area contributed by atoms with Crippen molar-refractivity contribution in [1.82, 2.24) is 9.80 Å². The van der Waals surface area contributed by atoms with Crippen molar-refractivity contribution in [2.24, 2.45) is 5.73 Å². The van der Waals surface area contributed by atoms with Gasteiger partial charge in [-0.3, -0.25) is 14.5 Å². The number of phenolic OH excluding ortho intramolecular Hbond substituents is 1. The van der Waals surface area contributed by atoms with Crippen molar-refractivity contribution >= 4 is 35.0 Å². The van der Waals surface area contributed by atoms with Gasteiger partial charge in [0.15, 0.2) is 11.5 Å². The van der Waals surface area contributed by atoms with Crippen molar-refractivity contribution < 1.29 is 24.2 Å². The molecule has 43 heavy (non-hydrogen) atoms. The molecule has 2 aliphatic heterocycles. The largest absolute Gasteiger partial charge is 0.504 e. The van der Waals surface area contributed by atoms with Crippen molar-refractivity contribution in [2.75, 3.05) is 40.4 Å². The number of primary amides is 1. The minimum absolute atomic E-state index is 0.146. The van der Waals surface area contributed by atoms with E-state index < -0.39 is 10.8 Å². The maximum Gasteiger partial charge on any atom is 0.254 e. The minimum Gasteiger partial charge on any atom is -0.504 e. The summed E-state index contributed by atoms with van der Waals surface area (Å²) in [5, 5.41) is 11.4. The third kappa shape index (κ3) is 5.41. The number of methoxy groups -OCH3 is 2. The van der Waals surface area contributed by atoms with Crippen LogP contribution in [0.3, 0.4) is 0 Å². The maximum absolute atomic E-state index is 14.0. The Morgan fingerprint density at radius 2 is 1.72 bits per heavy atom. The third-order valence-electron chi connectivity index (χ3n) is 9.44. The summed E-state index contributed by atoms with van der Waals surface area (Å²) in [6.07, 6.45) is 1.71. The average Bonchev–Trinajstić information content (AvgIpc) is 3.48. The van der Waals surface area contributed by atoms with Crippen molar-refractivity contribution in [2.45, 2.75) is 43.1 Å². The highest BCUT2D eigenvalue weighted by Crippen LogP contribution is 2.49. The molecule has 2 saturated heterocycles. The van der Waals surface area contributed by atoms with Crippen LogP contribution >= 0.6 is 23.2 Å². The fraction of sp³-hybridized carbons (Fsp3) is 0.394. The lowest BCUT2D eigenvalue weighted by molar-refractivity contribution is -0.127. The number of carbonyl (C=O) groups is 2. The van der Waals surface area contributed by atoms with E-state index in [-0.39, 0.29) is 40.7 Å². The Labute approximate surface area is 262 Å². The summed E-state index contributed by atoms with van der Waals surface area (Å²) >= 11 is 12.9. The summed E-state index contributed by atoms with van der Waals surface area (Å²) in [5.41, 5.74) is 6.90. The molecule has 0 radical (unpaired) electrons. The van der Waals surface area contributed by atoms with Crippen LogP contribution in [-0.4, -0.2) is 73.2 Å². The molecule has 2 aliphatic rings. The monoisotopic (exact) mass is 625 g/mol. The zero-order chi connectivity index (χ0) is 30.9. The van der Waals surface area contributed by atoms with Crippen LogP contribution in [0.15, 0.2) is 60.7 Å². The number of carbonyl (C=O) groups excluding carboxylic acids is 2. The van der Waals surface area contributed by atoms with Gasteiger partial charge in [-0.05, 0) is 67.7 Å². The van der Waals surface area contributed by atoms with Crippen molar-refractivity contribution in [1.29, 1.82) is 0 Å². The molecule has 0 aromatic heterocycles. The molecule has 0 bridgehead atoms. The second-order valence-corrected chi connectivity index (χ2v) is 12.2. The molecule has 3 unspecified atom stereocenters. The Morgan fingerprint density at radius 1 is 0.977 bits per heavy atom. The van der Waals surface area contributed by atoms with Crippen LogP contribution in [-0.2, 0) is 15.6 Å². The van der Waals surface area contributed by atoms with Gasteiger partial charge in [-0.2, -0.15) is 0 Å². The summed E-state index contributed by atoms with van der Waals surface area (Å²) in [7, 11) is 2.88. The van der Waals surface area contributed by atoms with Crippen molar-refractivity contribution in [3.8, 4) is 17.2 Å². The predicted octanol–water partition coefficient (Wildman–Crippen LogP) is 5.41. The van der Waals surface area contributed by atoms with Gasteiger partial charge in [0.2, 0.25) is 11.7 Å². The topological polar surface area (TPSA) is 105 Å².